The second-order valence-corrected chi connectivity index (χ2v) is 8.68. The molecule has 2 aromatic rings. The summed E-state index contributed by atoms with van der Waals surface area (Å²) in [6.45, 7) is 6.90. The van der Waals surface area contributed by atoms with Crippen LogP contribution in [-0.4, -0.2) is 21.4 Å². The van der Waals surface area contributed by atoms with E-state index in [2.05, 4.69) is 36.4 Å². The lowest BCUT2D eigenvalue weighted by atomic mass is 9.70. The minimum atomic E-state index is -0.206. The van der Waals surface area contributed by atoms with Crippen molar-refractivity contribution in [2.24, 2.45) is 28.9 Å². The number of aromatic nitrogens is 2. The quantitative estimate of drug-likeness (QED) is 0.849. The van der Waals surface area contributed by atoms with Gasteiger partial charge in [-0.25, -0.2) is 10.1 Å². The molecule has 2 aliphatic rings. The predicted molar refractivity (Wildman–Crippen MR) is 105 cm³/mol. The van der Waals surface area contributed by atoms with E-state index < -0.39 is 0 Å². The first-order chi connectivity index (χ1) is 12.7. The number of amides is 1. The number of fused-ring (bicyclic) bond motifs is 3. The van der Waals surface area contributed by atoms with Gasteiger partial charge in [0.2, 0.25) is 5.91 Å². The first-order valence-electron chi connectivity index (χ1n) is 9.55. The Kier molecular flexibility index (Phi) is 3.98. The number of hydrazone groups is 1. The Hall–Kier alpha value is -2.50. The van der Waals surface area contributed by atoms with E-state index in [4.69, 9.17) is 0 Å². The van der Waals surface area contributed by atoms with Crippen LogP contribution in [0.3, 0.4) is 0 Å². The van der Waals surface area contributed by atoms with E-state index in [9.17, 15) is 9.59 Å². The lowest BCUT2D eigenvalue weighted by Gasteiger charge is -2.34. The summed E-state index contributed by atoms with van der Waals surface area (Å²) in [4.78, 5) is 24.7. The molecule has 0 aliphatic heterocycles. The zero-order valence-electron chi connectivity index (χ0n) is 16.4. The fourth-order valence-corrected chi connectivity index (χ4v) is 4.93. The van der Waals surface area contributed by atoms with E-state index in [-0.39, 0.29) is 28.7 Å². The number of nitrogens with one attached hydrogen (secondary N) is 1. The molecule has 6 heteroatoms. The molecule has 0 radical (unpaired) electrons. The van der Waals surface area contributed by atoms with Crippen LogP contribution in [-0.2, 0) is 18.3 Å². The molecule has 1 N–H and O–H groups in total. The van der Waals surface area contributed by atoms with Gasteiger partial charge in [-0.2, -0.15) is 10.2 Å². The maximum atomic E-state index is 12.5. The van der Waals surface area contributed by atoms with Crippen LogP contribution in [0.15, 0.2) is 34.2 Å². The lowest BCUT2D eigenvalue weighted by molar-refractivity contribution is -0.120. The molecule has 6 nitrogen and oxygen atoms in total. The third-order valence-electron chi connectivity index (χ3n) is 7.19. The molecule has 1 aromatic heterocycles. The average molecular weight is 366 g/mol. The standard InChI is InChI=1S/C21H26N4O2/c1-20(2)13-9-10-21(20,3)17(11-13)22-23-18(26)12-16-14-7-5-6-8-15(14)19(27)25(4)24-16/h5-8,13H,9-12H2,1-4H3,(H,23,26)/b22-17-/t13-,21+/m0/s1. The number of aryl methyl sites for hydroxylation is 1. The van der Waals surface area contributed by atoms with Crippen LogP contribution in [0.25, 0.3) is 10.8 Å². The Morgan fingerprint density at radius 2 is 2.00 bits per heavy atom. The molecular weight excluding hydrogens is 340 g/mol. The fraction of sp³-hybridized carbons (Fsp3) is 0.524. The molecule has 1 amide bonds. The molecule has 0 unspecified atom stereocenters. The van der Waals surface area contributed by atoms with Gasteiger partial charge in [0.25, 0.3) is 5.56 Å². The van der Waals surface area contributed by atoms with Crippen LogP contribution in [0.2, 0.25) is 0 Å². The van der Waals surface area contributed by atoms with Gasteiger partial charge in [0.05, 0.1) is 17.5 Å². The van der Waals surface area contributed by atoms with Crippen molar-refractivity contribution in [1.82, 2.24) is 15.2 Å². The number of rotatable bonds is 3. The van der Waals surface area contributed by atoms with Crippen LogP contribution in [0, 0.1) is 16.7 Å². The molecule has 27 heavy (non-hydrogen) atoms. The summed E-state index contributed by atoms with van der Waals surface area (Å²) in [6.07, 6.45) is 3.43. The summed E-state index contributed by atoms with van der Waals surface area (Å²) in [6, 6.07) is 7.26. The molecule has 1 heterocycles. The van der Waals surface area contributed by atoms with Crippen LogP contribution in [0.5, 0.6) is 0 Å². The molecule has 2 aliphatic carbocycles. The number of carbonyl (C=O) groups excluding carboxylic acids is 1. The van der Waals surface area contributed by atoms with Gasteiger partial charge in [0.15, 0.2) is 0 Å². The van der Waals surface area contributed by atoms with E-state index in [1.165, 1.54) is 11.1 Å². The number of nitrogens with zero attached hydrogens (tertiary/aromatic N) is 3. The second kappa shape index (κ2) is 6.01. The first-order valence-corrected chi connectivity index (χ1v) is 9.55. The average Bonchev–Trinajstić information content (AvgIpc) is 2.97. The number of hydrogen-bond acceptors (Lipinski definition) is 4. The topological polar surface area (TPSA) is 76.3 Å². The van der Waals surface area contributed by atoms with E-state index in [1.807, 2.05) is 18.2 Å². The summed E-state index contributed by atoms with van der Waals surface area (Å²) >= 11 is 0. The van der Waals surface area contributed by atoms with Crippen LogP contribution in [0.4, 0.5) is 0 Å². The number of carbonyl (C=O) groups is 1. The highest BCUT2D eigenvalue weighted by Crippen LogP contribution is 2.63. The van der Waals surface area contributed by atoms with Crippen molar-refractivity contribution in [3.05, 3.63) is 40.3 Å². The number of hydrogen-bond donors (Lipinski definition) is 1. The zero-order valence-corrected chi connectivity index (χ0v) is 16.4. The van der Waals surface area contributed by atoms with Gasteiger partial charge >= 0.3 is 0 Å². The zero-order chi connectivity index (χ0) is 19.4. The van der Waals surface area contributed by atoms with Crippen molar-refractivity contribution in [2.45, 2.75) is 46.5 Å². The molecule has 1 aromatic carbocycles. The molecule has 4 rings (SSSR count). The highest BCUT2D eigenvalue weighted by Gasteiger charge is 2.60. The van der Waals surface area contributed by atoms with Gasteiger partial charge in [0, 0.05) is 23.6 Å². The van der Waals surface area contributed by atoms with E-state index in [1.54, 1.807) is 13.1 Å². The summed E-state index contributed by atoms with van der Waals surface area (Å²) in [7, 11) is 1.61. The van der Waals surface area contributed by atoms with Gasteiger partial charge < -0.3 is 0 Å². The largest absolute Gasteiger partial charge is 0.274 e. The first kappa shape index (κ1) is 17.9. The molecule has 0 spiro atoms. The van der Waals surface area contributed by atoms with Crippen LogP contribution >= 0.6 is 0 Å². The molecule has 2 bridgehead atoms. The molecular formula is C21H26N4O2. The molecule has 142 valence electrons. The van der Waals surface area contributed by atoms with Gasteiger partial charge in [-0.05, 0) is 36.7 Å². The molecule has 2 saturated carbocycles. The predicted octanol–water partition coefficient (Wildman–Crippen LogP) is 2.79. The molecule has 2 fully saturated rings. The third-order valence-corrected chi connectivity index (χ3v) is 7.19. The maximum Gasteiger partial charge on any atom is 0.274 e. The van der Waals surface area contributed by atoms with Gasteiger partial charge in [0.1, 0.15) is 0 Å². The Bertz CT molecular complexity index is 1020. The van der Waals surface area contributed by atoms with Gasteiger partial charge in [-0.3, -0.25) is 9.59 Å². The fourth-order valence-electron chi connectivity index (χ4n) is 4.93. The summed E-state index contributed by atoms with van der Waals surface area (Å²) < 4.78 is 1.29. The van der Waals surface area contributed by atoms with Crippen molar-refractivity contribution in [2.75, 3.05) is 0 Å². The normalized spacial score (nSPS) is 27.4. The Balaban J connectivity index is 1.56. The SMILES string of the molecule is Cn1nc(CC(=O)N/N=C2/C[C@@H]3CC[C@@]2(C)C3(C)C)c2ccccc2c1=O. The van der Waals surface area contributed by atoms with Crippen molar-refractivity contribution in [1.29, 1.82) is 0 Å². The van der Waals surface area contributed by atoms with Crippen molar-refractivity contribution >= 4 is 22.4 Å². The summed E-state index contributed by atoms with van der Waals surface area (Å²) in [5.74, 6) is 0.440. The van der Waals surface area contributed by atoms with Crippen molar-refractivity contribution in [3.63, 3.8) is 0 Å². The van der Waals surface area contributed by atoms with Gasteiger partial charge in [-0.1, -0.05) is 39.0 Å². The Morgan fingerprint density at radius 3 is 2.63 bits per heavy atom. The van der Waals surface area contributed by atoms with Crippen molar-refractivity contribution < 1.29 is 4.79 Å². The monoisotopic (exact) mass is 366 g/mol. The minimum Gasteiger partial charge on any atom is -0.273 e. The molecule has 0 saturated heterocycles. The third kappa shape index (κ3) is 2.61. The number of benzene rings is 1. The van der Waals surface area contributed by atoms with E-state index >= 15 is 0 Å². The van der Waals surface area contributed by atoms with Crippen molar-refractivity contribution in [3.8, 4) is 0 Å². The second-order valence-electron chi connectivity index (χ2n) is 8.68. The highest BCUT2D eigenvalue weighted by molar-refractivity contribution is 5.95. The lowest BCUT2D eigenvalue weighted by Crippen LogP contribution is -2.34. The van der Waals surface area contributed by atoms with E-state index in [0.29, 0.717) is 17.0 Å². The maximum absolute atomic E-state index is 12.5. The Labute approximate surface area is 158 Å². The van der Waals surface area contributed by atoms with Crippen LogP contribution in [0.1, 0.15) is 45.7 Å². The van der Waals surface area contributed by atoms with E-state index in [0.717, 1.165) is 23.9 Å². The Morgan fingerprint density at radius 1 is 1.30 bits per heavy atom. The summed E-state index contributed by atoms with van der Waals surface area (Å²) in [5, 5.41) is 10.1. The van der Waals surface area contributed by atoms with Crippen LogP contribution < -0.4 is 11.0 Å². The minimum absolute atomic E-state index is 0.0620. The van der Waals surface area contributed by atoms with Gasteiger partial charge in [-0.15, -0.1) is 0 Å². The highest BCUT2D eigenvalue weighted by atomic mass is 16.2. The summed E-state index contributed by atoms with van der Waals surface area (Å²) in [5.41, 5.74) is 4.57. The smallest absolute Gasteiger partial charge is 0.273 e. The molecule has 2 atom stereocenters.